The van der Waals surface area contributed by atoms with Crippen LogP contribution in [0.15, 0.2) is 24.3 Å². The number of benzene rings is 1. The maximum absolute atomic E-state index is 3.74. The molecule has 0 saturated heterocycles. The number of hydrogen-bond donors (Lipinski definition) is 1. The monoisotopic (exact) mass is 231 g/mol. The smallest absolute Gasteiger partial charge is 0.0208 e. The topological polar surface area (TPSA) is 12.0 Å². The zero-order valence-electron chi connectivity index (χ0n) is 11.4. The van der Waals surface area contributed by atoms with E-state index < -0.39 is 0 Å². The first-order valence-electron chi connectivity index (χ1n) is 6.96. The van der Waals surface area contributed by atoms with Gasteiger partial charge in [-0.3, -0.25) is 0 Å². The van der Waals surface area contributed by atoms with Crippen molar-refractivity contribution in [3.63, 3.8) is 0 Å². The van der Waals surface area contributed by atoms with Gasteiger partial charge in [-0.05, 0) is 30.7 Å². The highest BCUT2D eigenvalue weighted by Gasteiger charge is 2.26. The lowest BCUT2D eigenvalue weighted by molar-refractivity contribution is 0.206. The largest absolute Gasteiger partial charge is 0.310 e. The van der Waals surface area contributed by atoms with E-state index in [2.05, 4.69) is 50.4 Å². The van der Waals surface area contributed by atoms with Gasteiger partial charge in [-0.15, -0.1) is 0 Å². The van der Waals surface area contributed by atoms with E-state index in [1.165, 1.54) is 30.4 Å². The van der Waals surface area contributed by atoms with Crippen molar-refractivity contribution in [2.24, 2.45) is 11.8 Å². The summed E-state index contributed by atoms with van der Waals surface area (Å²) in [5.41, 5.74) is 2.74. The minimum atomic E-state index is 0.708. The molecule has 17 heavy (non-hydrogen) atoms. The molecule has 1 aliphatic rings. The van der Waals surface area contributed by atoms with Crippen molar-refractivity contribution in [3.05, 3.63) is 35.4 Å². The molecule has 1 heteroatoms. The van der Waals surface area contributed by atoms with Crippen molar-refractivity contribution in [2.75, 3.05) is 0 Å². The standard InChI is InChI=1S/C16H25N/c1-12-7-9-15(10-8-12)11-17-16-6-4-5-13(2)14(16)3/h7-10,13-14,16-17H,4-6,11H2,1-3H3/t13-,14-,16+/m0/s1. The predicted molar refractivity (Wildman–Crippen MR) is 74.0 cm³/mol. The minimum absolute atomic E-state index is 0.708. The van der Waals surface area contributed by atoms with Crippen LogP contribution in [-0.4, -0.2) is 6.04 Å². The zero-order valence-corrected chi connectivity index (χ0v) is 11.4. The molecule has 3 atom stereocenters. The van der Waals surface area contributed by atoms with Crippen molar-refractivity contribution in [1.29, 1.82) is 0 Å². The van der Waals surface area contributed by atoms with Gasteiger partial charge in [-0.2, -0.15) is 0 Å². The maximum Gasteiger partial charge on any atom is 0.0208 e. The van der Waals surface area contributed by atoms with Crippen molar-refractivity contribution >= 4 is 0 Å². The minimum Gasteiger partial charge on any atom is -0.310 e. The summed E-state index contributed by atoms with van der Waals surface area (Å²) in [7, 11) is 0. The fourth-order valence-electron chi connectivity index (χ4n) is 2.82. The molecule has 0 spiro atoms. The van der Waals surface area contributed by atoms with Crippen LogP contribution >= 0.6 is 0 Å². The normalized spacial score (nSPS) is 29.2. The Hall–Kier alpha value is -0.820. The Morgan fingerprint density at radius 3 is 2.53 bits per heavy atom. The van der Waals surface area contributed by atoms with Crippen LogP contribution in [0, 0.1) is 18.8 Å². The molecule has 1 aliphatic carbocycles. The Morgan fingerprint density at radius 2 is 1.82 bits per heavy atom. The number of rotatable bonds is 3. The molecule has 0 aliphatic heterocycles. The second kappa shape index (κ2) is 5.68. The Kier molecular flexibility index (Phi) is 4.22. The van der Waals surface area contributed by atoms with Crippen LogP contribution in [-0.2, 0) is 6.54 Å². The first-order chi connectivity index (χ1) is 8.16. The van der Waals surface area contributed by atoms with Gasteiger partial charge in [-0.1, -0.05) is 56.5 Å². The van der Waals surface area contributed by atoms with Crippen LogP contribution in [0.3, 0.4) is 0 Å². The second-order valence-electron chi connectivity index (χ2n) is 5.74. The second-order valence-corrected chi connectivity index (χ2v) is 5.74. The Morgan fingerprint density at radius 1 is 1.12 bits per heavy atom. The van der Waals surface area contributed by atoms with E-state index >= 15 is 0 Å². The molecule has 1 fully saturated rings. The molecule has 0 unspecified atom stereocenters. The van der Waals surface area contributed by atoms with Crippen LogP contribution in [0.5, 0.6) is 0 Å². The van der Waals surface area contributed by atoms with Gasteiger partial charge in [0.05, 0.1) is 0 Å². The number of nitrogens with one attached hydrogen (secondary N) is 1. The van der Waals surface area contributed by atoms with Crippen LogP contribution in [0.1, 0.15) is 44.2 Å². The van der Waals surface area contributed by atoms with Crippen molar-refractivity contribution in [3.8, 4) is 0 Å². The van der Waals surface area contributed by atoms with Crippen LogP contribution < -0.4 is 5.32 Å². The molecule has 1 N–H and O–H groups in total. The number of hydrogen-bond acceptors (Lipinski definition) is 1. The van der Waals surface area contributed by atoms with Gasteiger partial charge in [0.1, 0.15) is 0 Å². The van der Waals surface area contributed by atoms with Gasteiger partial charge >= 0.3 is 0 Å². The molecular formula is C16H25N. The SMILES string of the molecule is Cc1ccc(CN[C@@H]2CCC[C@H](C)[C@@H]2C)cc1. The molecule has 1 aromatic rings. The van der Waals surface area contributed by atoms with E-state index in [9.17, 15) is 0 Å². The third-order valence-corrected chi connectivity index (χ3v) is 4.40. The molecule has 0 aromatic heterocycles. The molecule has 1 saturated carbocycles. The molecular weight excluding hydrogens is 206 g/mol. The molecule has 0 bridgehead atoms. The lowest BCUT2D eigenvalue weighted by Crippen LogP contribution is -2.40. The third kappa shape index (κ3) is 3.32. The molecule has 0 radical (unpaired) electrons. The van der Waals surface area contributed by atoms with Gasteiger partial charge < -0.3 is 5.32 Å². The fraction of sp³-hybridized carbons (Fsp3) is 0.625. The summed E-state index contributed by atoms with van der Waals surface area (Å²) in [6.45, 7) is 7.95. The summed E-state index contributed by atoms with van der Waals surface area (Å²) < 4.78 is 0. The number of aryl methyl sites for hydroxylation is 1. The molecule has 1 nitrogen and oxygen atoms in total. The summed E-state index contributed by atoms with van der Waals surface area (Å²) in [6.07, 6.45) is 4.14. The molecule has 0 heterocycles. The highest BCUT2D eigenvalue weighted by Crippen LogP contribution is 2.29. The van der Waals surface area contributed by atoms with Gasteiger partial charge in [0, 0.05) is 12.6 Å². The van der Waals surface area contributed by atoms with E-state index in [1.807, 2.05) is 0 Å². The molecule has 0 amide bonds. The first-order valence-corrected chi connectivity index (χ1v) is 6.96. The molecule has 2 rings (SSSR count). The highest BCUT2D eigenvalue weighted by atomic mass is 14.9. The maximum atomic E-state index is 3.74. The average Bonchev–Trinajstić information content (AvgIpc) is 2.33. The van der Waals surface area contributed by atoms with Gasteiger partial charge in [0.2, 0.25) is 0 Å². The lowest BCUT2D eigenvalue weighted by atomic mass is 9.78. The summed E-state index contributed by atoms with van der Waals surface area (Å²) >= 11 is 0. The van der Waals surface area contributed by atoms with Gasteiger partial charge in [-0.25, -0.2) is 0 Å². The lowest BCUT2D eigenvalue weighted by Gasteiger charge is -2.34. The Balaban J connectivity index is 1.87. The highest BCUT2D eigenvalue weighted by molar-refractivity contribution is 5.21. The zero-order chi connectivity index (χ0) is 12.3. The van der Waals surface area contributed by atoms with Gasteiger partial charge in [0.15, 0.2) is 0 Å². The van der Waals surface area contributed by atoms with Crippen molar-refractivity contribution in [1.82, 2.24) is 5.32 Å². The van der Waals surface area contributed by atoms with Gasteiger partial charge in [0.25, 0.3) is 0 Å². The first kappa shape index (κ1) is 12.6. The molecule has 94 valence electrons. The van der Waals surface area contributed by atoms with Crippen LogP contribution in [0.25, 0.3) is 0 Å². The van der Waals surface area contributed by atoms with E-state index in [-0.39, 0.29) is 0 Å². The Labute approximate surface area is 106 Å². The van der Waals surface area contributed by atoms with Crippen molar-refractivity contribution < 1.29 is 0 Å². The third-order valence-electron chi connectivity index (χ3n) is 4.40. The van der Waals surface area contributed by atoms with Crippen LogP contribution in [0.2, 0.25) is 0 Å². The predicted octanol–water partition coefficient (Wildman–Crippen LogP) is 3.91. The summed E-state index contributed by atoms with van der Waals surface area (Å²) in [5.74, 6) is 1.69. The van der Waals surface area contributed by atoms with E-state index in [4.69, 9.17) is 0 Å². The van der Waals surface area contributed by atoms with Crippen LogP contribution in [0.4, 0.5) is 0 Å². The van der Waals surface area contributed by atoms with E-state index in [0.717, 1.165) is 18.4 Å². The average molecular weight is 231 g/mol. The van der Waals surface area contributed by atoms with E-state index in [0.29, 0.717) is 6.04 Å². The summed E-state index contributed by atoms with van der Waals surface area (Å²) in [6, 6.07) is 9.58. The molecule has 1 aromatic carbocycles. The Bertz CT molecular complexity index is 341. The summed E-state index contributed by atoms with van der Waals surface area (Å²) in [5, 5.41) is 3.74. The fourth-order valence-corrected chi connectivity index (χ4v) is 2.82. The van der Waals surface area contributed by atoms with Crippen molar-refractivity contribution in [2.45, 2.75) is 52.6 Å². The van der Waals surface area contributed by atoms with E-state index in [1.54, 1.807) is 0 Å². The summed E-state index contributed by atoms with van der Waals surface area (Å²) in [4.78, 5) is 0. The quantitative estimate of drug-likeness (QED) is 0.831.